The summed E-state index contributed by atoms with van der Waals surface area (Å²) in [4.78, 5) is 38.0. The molecule has 0 aliphatic heterocycles. The fourth-order valence-corrected chi connectivity index (χ4v) is 6.76. The Hall–Kier alpha value is -4.97. The maximum absolute atomic E-state index is 12.8. The van der Waals surface area contributed by atoms with E-state index in [0.29, 0.717) is 19.3 Å². The predicted molar refractivity (Wildman–Crippen MR) is 306 cm³/mol. The Kier molecular flexibility index (Phi) is 53.6. The van der Waals surface area contributed by atoms with Gasteiger partial charge in [0.25, 0.3) is 0 Å². The minimum absolute atomic E-state index is 0.158. The molecule has 0 amide bonds. The Bertz CT molecular complexity index is 1640. The van der Waals surface area contributed by atoms with Crippen molar-refractivity contribution in [1.82, 2.24) is 0 Å². The third-order valence-electron chi connectivity index (χ3n) is 11.0. The number of allylic oxidation sites excluding steroid dienone is 26. The fourth-order valence-electron chi connectivity index (χ4n) is 6.76. The van der Waals surface area contributed by atoms with Crippen LogP contribution in [0.5, 0.6) is 0 Å². The largest absolute Gasteiger partial charge is 0.462 e. The van der Waals surface area contributed by atoms with Gasteiger partial charge < -0.3 is 14.2 Å². The van der Waals surface area contributed by atoms with Crippen LogP contribution in [0.2, 0.25) is 0 Å². The zero-order valence-electron chi connectivity index (χ0n) is 45.2. The molecule has 0 aliphatic rings. The molecule has 396 valence electrons. The van der Waals surface area contributed by atoms with Crippen LogP contribution in [0.3, 0.4) is 0 Å². The van der Waals surface area contributed by atoms with Crippen LogP contribution in [0.1, 0.15) is 213 Å². The van der Waals surface area contributed by atoms with Crippen molar-refractivity contribution < 1.29 is 28.6 Å². The molecule has 0 aromatic carbocycles. The summed E-state index contributed by atoms with van der Waals surface area (Å²) < 4.78 is 16.7. The second kappa shape index (κ2) is 57.6. The van der Waals surface area contributed by atoms with Gasteiger partial charge in [0.1, 0.15) is 13.2 Å². The third-order valence-corrected chi connectivity index (χ3v) is 11.0. The molecular formula is C65H100O6. The van der Waals surface area contributed by atoms with Crippen molar-refractivity contribution >= 4 is 17.9 Å². The second-order valence-corrected chi connectivity index (χ2v) is 17.8. The van der Waals surface area contributed by atoms with Crippen LogP contribution in [-0.4, -0.2) is 37.2 Å². The maximum atomic E-state index is 12.8. The first-order chi connectivity index (χ1) is 35.0. The van der Waals surface area contributed by atoms with E-state index < -0.39 is 18.0 Å². The number of hydrogen-bond donors (Lipinski definition) is 0. The molecule has 0 N–H and O–H groups in total. The van der Waals surface area contributed by atoms with Crippen molar-refractivity contribution in [2.24, 2.45) is 0 Å². The van der Waals surface area contributed by atoms with E-state index in [9.17, 15) is 14.4 Å². The van der Waals surface area contributed by atoms with E-state index in [-0.39, 0.29) is 38.4 Å². The predicted octanol–water partition coefficient (Wildman–Crippen LogP) is 19.0. The molecule has 1 atom stereocenters. The normalized spacial score (nSPS) is 13.3. The number of hydrogen-bond acceptors (Lipinski definition) is 6. The highest BCUT2D eigenvalue weighted by Crippen LogP contribution is 2.09. The monoisotopic (exact) mass is 977 g/mol. The van der Waals surface area contributed by atoms with Crippen molar-refractivity contribution in [3.63, 3.8) is 0 Å². The Morgan fingerprint density at radius 3 is 0.817 bits per heavy atom. The van der Waals surface area contributed by atoms with Crippen molar-refractivity contribution in [3.8, 4) is 0 Å². The molecule has 6 nitrogen and oxygen atoms in total. The van der Waals surface area contributed by atoms with E-state index in [0.717, 1.165) is 77.0 Å². The Balaban J connectivity index is 4.70. The van der Waals surface area contributed by atoms with Gasteiger partial charge >= 0.3 is 17.9 Å². The Morgan fingerprint density at radius 2 is 0.521 bits per heavy atom. The van der Waals surface area contributed by atoms with Crippen molar-refractivity contribution in [3.05, 3.63) is 158 Å². The molecule has 0 saturated carbocycles. The van der Waals surface area contributed by atoms with E-state index in [4.69, 9.17) is 14.2 Å². The minimum atomic E-state index is -0.872. The zero-order chi connectivity index (χ0) is 51.4. The summed E-state index contributed by atoms with van der Waals surface area (Å²) in [5.41, 5.74) is 0. The molecule has 71 heavy (non-hydrogen) atoms. The summed E-state index contributed by atoms with van der Waals surface area (Å²) in [6.45, 7) is 6.37. The van der Waals surface area contributed by atoms with Crippen LogP contribution in [0.15, 0.2) is 158 Å². The van der Waals surface area contributed by atoms with Gasteiger partial charge in [-0.05, 0) is 135 Å². The highest BCUT2D eigenvalue weighted by Gasteiger charge is 2.19. The van der Waals surface area contributed by atoms with Gasteiger partial charge in [-0.15, -0.1) is 0 Å². The van der Waals surface area contributed by atoms with Crippen LogP contribution < -0.4 is 0 Å². The summed E-state index contributed by atoms with van der Waals surface area (Å²) >= 11 is 0. The highest BCUT2D eigenvalue weighted by atomic mass is 16.6. The lowest BCUT2D eigenvalue weighted by atomic mass is 10.1. The smallest absolute Gasteiger partial charge is 0.306 e. The van der Waals surface area contributed by atoms with Gasteiger partial charge in [0.05, 0.1) is 0 Å². The van der Waals surface area contributed by atoms with Crippen LogP contribution in [0.4, 0.5) is 0 Å². The van der Waals surface area contributed by atoms with Crippen molar-refractivity contribution in [2.45, 2.75) is 219 Å². The van der Waals surface area contributed by atoms with Gasteiger partial charge in [-0.2, -0.15) is 0 Å². The molecule has 0 radical (unpaired) electrons. The lowest BCUT2D eigenvalue weighted by molar-refractivity contribution is -0.166. The summed E-state index contributed by atoms with van der Waals surface area (Å²) in [5.74, 6) is -1.17. The van der Waals surface area contributed by atoms with Crippen molar-refractivity contribution in [2.75, 3.05) is 13.2 Å². The SMILES string of the molecule is CCCCC/C=C\C/C=C\C/C=C\C/C=C\C/C=C\CCC(=O)OC[C@H](COC(=O)CCCC/C=C\C/C=C\C/C=C\CCCCC)OC(=O)CC/C=C\C/C=C\C/C=C\C/C=C\C/C=C\CCCCC. The van der Waals surface area contributed by atoms with Gasteiger partial charge in [0, 0.05) is 19.3 Å². The van der Waals surface area contributed by atoms with E-state index in [2.05, 4.69) is 154 Å². The number of ether oxygens (including phenoxy) is 3. The molecule has 0 aromatic heterocycles. The third kappa shape index (κ3) is 55.8. The number of esters is 3. The standard InChI is InChI=1S/C65H100O6/c1-4-7-10-13-16-19-22-25-28-30-32-34-37-40-43-46-49-52-55-58-64(67)70-61-62(60-69-63(66)57-54-51-48-45-42-39-36-27-24-21-18-15-12-9-6-3)71-65(68)59-56-53-50-47-44-41-38-35-33-31-29-26-23-20-17-14-11-8-5-2/h16-21,25-29,32-36,40-45,49-50,52-53,62H,4-15,22-24,30-31,37-39,46-48,51,54-61H2,1-3H3/b19-16-,20-17-,21-18-,28-25-,29-26-,34-32-,35-33-,36-27-,43-40-,44-41-,45-42-,52-49-,53-50-/t62-/m0/s1. The number of carbonyl (C=O) groups is 3. The molecule has 0 unspecified atom stereocenters. The molecule has 0 rings (SSSR count). The molecule has 0 aromatic rings. The molecule has 0 bridgehead atoms. The van der Waals surface area contributed by atoms with E-state index >= 15 is 0 Å². The first kappa shape index (κ1) is 66.0. The average molecular weight is 978 g/mol. The van der Waals surface area contributed by atoms with Gasteiger partial charge in [0.2, 0.25) is 0 Å². The summed E-state index contributed by atoms with van der Waals surface area (Å²) in [6, 6.07) is 0. The topological polar surface area (TPSA) is 78.9 Å². The molecule has 6 heteroatoms. The highest BCUT2D eigenvalue weighted by molar-refractivity contribution is 5.71. The van der Waals surface area contributed by atoms with Crippen molar-refractivity contribution in [1.29, 1.82) is 0 Å². The fraction of sp³-hybridized carbons (Fsp3) is 0.554. The molecular weight excluding hydrogens is 877 g/mol. The minimum Gasteiger partial charge on any atom is -0.462 e. The van der Waals surface area contributed by atoms with E-state index in [1.165, 1.54) is 77.0 Å². The van der Waals surface area contributed by atoms with Crippen LogP contribution in [0.25, 0.3) is 0 Å². The van der Waals surface area contributed by atoms with Gasteiger partial charge in [-0.3, -0.25) is 14.4 Å². The summed E-state index contributed by atoms with van der Waals surface area (Å²) in [6.07, 6.45) is 83.9. The summed E-state index contributed by atoms with van der Waals surface area (Å²) in [7, 11) is 0. The Labute approximate surface area is 435 Å². The molecule has 0 spiro atoms. The van der Waals surface area contributed by atoms with Gasteiger partial charge in [-0.25, -0.2) is 0 Å². The quantitative estimate of drug-likeness (QED) is 0.0262. The Morgan fingerprint density at radius 1 is 0.282 bits per heavy atom. The average Bonchev–Trinajstić information content (AvgIpc) is 3.37. The second-order valence-electron chi connectivity index (χ2n) is 17.8. The first-order valence-electron chi connectivity index (χ1n) is 28.0. The maximum Gasteiger partial charge on any atom is 0.306 e. The van der Waals surface area contributed by atoms with Gasteiger partial charge in [-0.1, -0.05) is 217 Å². The van der Waals surface area contributed by atoms with E-state index in [1.54, 1.807) is 0 Å². The number of carbonyl (C=O) groups excluding carboxylic acids is 3. The number of unbranched alkanes of at least 4 members (excludes halogenated alkanes) is 11. The zero-order valence-corrected chi connectivity index (χ0v) is 45.2. The van der Waals surface area contributed by atoms with E-state index in [1.807, 2.05) is 24.3 Å². The lowest BCUT2D eigenvalue weighted by Gasteiger charge is -2.18. The lowest BCUT2D eigenvalue weighted by Crippen LogP contribution is -2.30. The van der Waals surface area contributed by atoms with Crippen LogP contribution in [-0.2, 0) is 28.6 Å². The molecule has 0 aliphatic carbocycles. The molecule has 0 heterocycles. The van der Waals surface area contributed by atoms with Gasteiger partial charge in [0.15, 0.2) is 6.10 Å². The van der Waals surface area contributed by atoms with Crippen LogP contribution in [0, 0.1) is 0 Å². The molecule has 0 saturated heterocycles. The van der Waals surface area contributed by atoms with Crippen LogP contribution >= 0.6 is 0 Å². The number of rotatable bonds is 48. The molecule has 0 fully saturated rings. The summed E-state index contributed by atoms with van der Waals surface area (Å²) in [5, 5.41) is 0. The first-order valence-corrected chi connectivity index (χ1v) is 28.0.